The molecule has 0 aromatic heterocycles. The summed E-state index contributed by atoms with van der Waals surface area (Å²) in [4.78, 5) is 12.0. The van der Waals surface area contributed by atoms with Gasteiger partial charge in [0.25, 0.3) is 0 Å². The van der Waals surface area contributed by atoms with Crippen molar-refractivity contribution in [3.8, 4) is 0 Å². The van der Waals surface area contributed by atoms with Gasteiger partial charge in [-0.2, -0.15) is 0 Å². The maximum absolute atomic E-state index is 12.0. The van der Waals surface area contributed by atoms with Gasteiger partial charge < -0.3 is 14.8 Å². The SMILES string of the molecule is CCCCCCC(=O)N[C@@H](CO[Si](C)(C)C(C)(C)C)[C@@H](C)O. The van der Waals surface area contributed by atoms with Gasteiger partial charge in [0.15, 0.2) is 8.32 Å². The molecule has 0 rings (SSSR count). The summed E-state index contributed by atoms with van der Waals surface area (Å²) in [6.07, 6.45) is 4.26. The molecule has 0 aliphatic carbocycles. The van der Waals surface area contributed by atoms with E-state index in [4.69, 9.17) is 4.43 Å². The first-order chi connectivity index (χ1) is 10.0. The Bertz CT molecular complexity index is 324. The number of carbonyl (C=O) groups excluding carboxylic acids is 1. The lowest BCUT2D eigenvalue weighted by molar-refractivity contribution is -0.123. The van der Waals surface area contributed by atoms with Gasteiger partial charge in [0.1, 0.15) is 0 Å². The standard InChI is InChI=1S/C17H37NO3Si/c1-8-9-10-11-12-16(20)18-15(14(2)19)13-21-22(6,7)17(3,4)5/h14-15,19H,8-13H2,1-7H3,(H,18,20)/t14-,15+/m1/s1. The van der Waals surface area contributed by atoms with E-state index < -0.39 is 14.4 Å². The van der Waals surface area contributed by atoms with Gasteiger partial charge in [-0.15, -0.1) is 0 Å². The highest BCUT2D eigenvalue weighted by Crippen LogP contribution is 2.36. The topological polar surface area (TPSA) is 58.6 Å². The molecular weight excluding hydrogens is 294 g/mol. The molecule has 0 aliphatic rings. The highest BCUT2D eigenvalue weighted by atomic mass is 28.4. The Hall–Kier alpha value is -0.393. The number of carbonyl (C=O) groups is 1. The van der Waals surface area contributed by atoms with Gasteiger partial charge in [-0.3, -0.25) is 4.79 Å². The second kappa shape index (κ2) is 9.68. The van der Waals surface area contributed by atoms with Gasteiger partial charge in [-0.1, -0.05) is 47.0 Å². The first-order valence-electron chi connectivity index (χ1n) is 8.62. The zero-order valence-electron chi connectivity index (χ0n) is 15.7. The lowest BCUT2D eigenvalue weighted by Gasteiger charge is -2.37. The summed E-state index contributed by atoms with van der Waals surface area (Å²) in [6, 6.07) is -0.326. The fraction of sp³-hybridized carbons (Fsp3) is 0.941. The van der Waals surface area contributed by atoms with Gasteiger partial charge in [-0.25, -0.2) is 0 Å². The van der Waals surface area contributed by atoms with E-state index in [9.17, 15) is 9.90 Å². The number of aliphatic hydroxyl groups is 1. The molecule has 2 atom stereocenters. The summed E-state index contributed by atoms with van der Waals surface area (Å²) in [5.74, 6) is 0.0147. The minimum absolute atomic E-state index is 0.0147. The molecule has 0 aromatic rings. The number of nitrogens with one attached hydrogen (secondary N) is 1. The highest BCUT2D eigenvalue weighted by Gasteiger charge is 2.38. The van der Waals surface area contributed by atoms with Crippen LogP contribution in [0.15, 0.2) is 0 Å². The Morgan fingerprint density at radius 3 is 2.27 bits per heavy atom. The molecule has 0 spiro atoms. The van der Waals surface area contributed by atoms with Crippen molar-refractivity contribution in [3.05, 3.63) is 0 Å². The Morgan fingerprint density at radius 2 is 1.82 bits per heavy atom. The van der Waals surface area contributed by atoms with E-state index in [-0.39, 0.29) is 17.0 Å². The largest absolute Gasteiger partial charge is 0.415 e. The molecule has 0 heterocycles. The van der Waals surface area contributed by atoms with Crippen LogP contribution in [0.25, 0.3) is 0 Å². The summed E-state index contributed by atoms with van der Waals surface area (Å²) in [6.45, 7) is 15.2. The van der Waals surface area contributed by atoms with Gasteiger partial charge in [0, 0.05) is 6.42 Å². The monoisotopic (exact) mass is 331 g/mol. The molecule has 132 valence electrons. The second-order valence-electron chi connectivity index (χ2n) is 7.80. The summed E-state index contributed by atoms with van der Waals surface area (Å²) < 4.78 is 6.13. The molecule has 22 heavy (non-hydrogen) atoms. The normalized spacial score (nSPS) is 15.5. The summed E-state index contributed by atoms with van der Waals surface area (Å²) in [7, 11) is -1.86. The number of aliphatic hydroxyl groups excluding tert-OH is 1. The van der Waals surface area contributed by atoms with Crippen molar-refractivity contribution in [1.29, 1.82) is 0 Å². The number of hydrogen-bond donors (Lipinski definition) is 2. The Balaban J connectivity index is 4.35. The molecule has 2 N–H and O–H groups in total. The van der Waals surface area contributed by atoms with Crippen LogP contribution in [0.1, 0.15) is 66.7 Å². The molecule has 0 bridgehead atoms. The van der Waals surface area contributed by atoms with E-state index in [1.165, 1.54) is 6.42 Å². The number of unbranched alkanes of at least 4 members (excludes halogenated alkanes) is 3. The Morgan fingerprint density at radius 1 is 1.23 bits per heavy atom. The van der Waals surface area contributed by atoms with E-state index in [1.54, 1.807) is 6.92 Å². The maximum atomic E-state index is 12.0. The summed E-state index contributed by atoms with van der Waals surface area (Å²) >= 11 is 0. The van der Waals surface area contributed by atoms with Crippen molar-refractivity contribution < 1.29 is 14.3 Å². The molecule has 0 aliphatic heterocycles. The Labute approximate surface area is 138 Å². The predicted octanol–water partition coefficient (Wildman–Crippen LogP) is 3.84. The van der Waals surface area contributed by atoms with E-state index >= 15 is 0 Å². The minimum atomic E-state index is -1.86. The van der Waals surface area contributed by atoms with Gasteiger partial charge in [0.2, 0.25) is 5.91 Å². The maximum Gasteiger partial charge on any atom is 0.220 e. The van der Waals surface area contributed by atoms with Crippen LogP contribution >= 0.6 is 0 Å². The first-order valence-corrected chi connectivity index (χ1v) is 11.5. The van der Waals surface area contributed by atoms with Crippen LogP contribution in [0.3, 0.4) is 0 Å². The molecule has 5 heteroatoms. The molecule has 1 amide bonds. The fourth-order valence-corrected chi connectivity index (χ4v) is 2.84. The molecule has 0 saturated carbocycles. The third-order valence-corrected chi connectivity index (χ3v) is 9.12. The summed E-state index contributed by atoms with van der Waals surface area (Å²) in [5, 5.41) is 12.9. The van der Waals surface area contributed by atoms with Gasteiger partial charge in [-0.05, 0) is 31.5 Å². The van der Waals surface area contributed by atoms with Crippen LogP contribution < -0.4 is 5.32 Å². The summed E-state index contributed by atoms with van der Waals surface area (Å²) in [5.41, 5.74) is 0. The van der Waals surface area contributed by atoms with Crippen LogP contribution in [-0.2, 0) is 9.22 Å². The third-order valence-electron chi connectivity index (χ3n) is 4.62. The van der Waals surface area contributed by atoms with E-state index in [0.29, 0.717) is 13.0 Å². The molecule has 0 aromatic carbocycles. The van der Waals surface area contributed by atoms with Crippen LogP contribution in [-0.4, -0.2) is 38.1 Å². The molecule has 0 fully saturated rings. The molecule has 0 radical (unpaired) electrons. The van der Waals surface area contributed by atoms with Gasteiger partial charge in [0.05, 0.1) is 18.8 Å². The van der Waals surface area contributed by atoms with Crippen LogP contribution in [0, 0.1) is 0 Å². The average Bonchev–Trinajstić information content (AvgIpc) is 2.38. The predicted molar refractivity (Wildman–Crippen MR) is 95.5 cm³/mol. The fourth-order valence-electron chi connectivity index (χ4n) is 1.81. The lowest BCUT2D eigenvalue weighted by Crippen LogP contribution is -2.50. The minimum Gasteiger partial charge on any atom is -0.415 e. The highest BCUT2D eigenvalue weighted by molar-refractivity contribution is 6.74. The molecule has 0 saturated heterocycles. The van der Waals surface area contributed by atoms with E-state index in [1.807, 2.05) is 0 Å². The van der Waals surface area contributed by atoms with Crippen molar-refractivity contribution in [3.63, 3.8) is 0 Å². The third kappa shape index (κ3) is 8.29. The zero-order chi connectivity index (χ0) is 17.4. The van der Waals surface area contributed by atoms with Crippen LogP contribution in [0.2, 0.25) is 18.1 Å². The molecule has 0 unspecified atom stereocenters. The quantitative estimate of drug-likeness (QED) is 0.472. The van der Waals surface area contributed by atoms with E-state index in [2.05, 4.69) is 46.1 Å². The smallest absolute Gasteiger partial charge is 0.220 e. The van der Waals surface area contributed by atoms with Crippen molar-refractivity contribution in [2.45, 2.75) is 97.0 Å². The van der Waals surface area contributed by atoms with Gasteiger partial charge >= 0.3 is 0 Å². The lowest BCUT2D eigenvalue weighted by atomic mass is 10.1. The number of hydrogen-bond acceptors (Lipinski definition) is 3. The average molecular weight is 332 g/mol. The molecule has 4 nitrogen and oxygen atoms in total. The second-order valence-corrected chi connectivity index (χ2v) is 12.6. The van der Waals surface area contributed by atoms with E-state index in [0.717, 1.165) is 19.3 Å². The number of amides is 1. The first kappa shape index (κ1) is 21.6. The van der Waals surface area contributed by atoms with Crippen LogP contribution in [0.4, 0.5) is 0 Å². The van der Waals surface area contributed by atoms with Crippen molar-refractivity contribution >= 4 is 14.2 Å². The zero-order valence-corrected chi connectivity index (χ0v) is 16.7. The Kier molecular flexibility index (Phi) is 9.51. The van der Waals surface area contributed by atoms with Crippen molar-refractivity contribution in [2.24, 2.45) is 0 Å². The van der Waals surface area contributed by atoms with Crippen LogP contribution in [0.5, 0.6) is 0 Å². The van der Waals surface area contributed by atoms with Crippen molar-refractivity contribution in [2.75, 3.05) is 6.61 Å². The number of rotatable bonds is 10. The molecular formula is C17H37NO3Si. The van der Waals surface area contributed by atoms with Crippen molar-refractivity contribution in [1.82, 2.24) is 5.32 Å².